The molecular formula is C14H32N2O. The minimum Gasteiger partial charge on any atom is -0.377 e. The first kappa shape index (κ1) is 16.9. The van der Waals surface area contributed by atoms with Crippen LogP contribution in [-0.2, 0) is 4.74 Å². The molecule has 0 aromatic rings. The molecule has 0 heterocycles. The zero-order valence-corrected chi connectivity index (χ0v) is 12.4. The van der Waals surface area contributed by atoms with E-state index in [9.17, 15) is 0 Å². The largest absolute Gasteiger partial charge is 0.377 e. The second-order valence-electron chi connectivity index (χ2n) is 5.74. The molecule has 0 aliphatic carbocycles. The van der Waals surface area contributed by atoms with E-state index in [1.165, 1.54) is 12.8 Å². The van der Waals surface area contributed by atoms with E-state index in [1.807, 2.05) is 0 Å². The molecule has 3 nitrogen and oxygen atoms in total. The third-order valence-electron chi connectivity index (χ3n) is 2.98. The van der Waals surface area contributed by atoms with Crippen molar-refractivity contribution in [2.75, 3.05) is 33.3 Å². The summed E-state index contributed by atoms with van der Waals surface area (Å²) in [5, 5.41) is 0. The molecule has 0 aromatic heterocycles. The van der Waals surface area contributed by atoms with Gasteiger partial charge in [-0.15, -0.1) is 0 Å². The fourth-order valence-electron chi connectivity index (χ4n) is 1.96. The third-order valence-corrected chi connectivity index (χ3v) is 2.98. The molecule has 0 aliphatic heterocycles. The number of nitrogens with zero attached hydrogens (tertiary/aromatic N) is 1. The number of hydrogen-bond acceptors (Lipinski definition) is 3. The van der Waals surface area contributed by atoms with E-state index in [0.29, 0.717) is 12.0 Å². The molecular weight excluding hydrogens is 212 g/mol. The average molecular weight is 244 g/mol. The van der Waals surface area contributed by atoms with E-state index < -0.39 is 0 Å². The predicted octanol–water partition coefficient (Wildman–Crippen LogP) is 2.35. The summed E-state index contributed by atoms with van der Waals surface area (Å²) < 4.78 is 5.54. The van der Waals surface area contributed by atoms with E-state index in [4.69, 9.17) is 10.5 Å². The predicted molar refractivity (Wildman–Crippen MR) is 75.2 cm³/mol. The lowest BCUT2D eigenvalue weighted by Crippen LogP contribution is -2.28. The van der Waals surface area contributed by atoms with E-state index in [2.05, 4.69) is 39.6 Å². The van der Waals surface area contributed by atoms with Gasteiger partial charge in [0.2, 0.25) is 0 Å². The fraction of sp³-hybridized carbons (Fsp3) is 1.00. The van der Waals surface area contributed by atoms with Gasteiger partial charge in [0.05, 0.1) is 12.7 Å². The van der Waals surface area contributed by atoms with Gasteiger partial charge in [0.15, 0.2) is 0 Å². The van der Waals surface area contributed by atoms with Crippen LogP contribution in [0.15, 0.2) is 0 Å². The highest BCUT2D eigenvalue weighted by atomic mass is 16.5. The Kier molecular flexibility index (Phi) is 9.79. The van der Waals surface area contributed by atoms with Crippen LogP contribution in [0.2, 0.25) is 0 Å². The maximum Gasteiger partial charge on any atom is 0.0596 e. The Morgan fingerprint density at radius 3 is 2.24 bits per heavy atom. The third kappa shape index (κ3) is 10.7. The van der Waals surface area contributed by atoms with Gasteiger partial charge in [0.1, 0.15) is 0 Å². The van der Waals surface area contributed by atoms with E-state index >= 15 is 0 Å². The second-order valence-corrected chi connectivity index (χ2v) is 5.74. The van der Waals surface area contributed by atoms with Crippen LogP contribution in [0.3, 0.4) is 0 Å². The van der Waals surface area contributed by atoms with E-state index in [-0.39, 0.29) is 0 Å². The van der Waals surface area contributed by atoms with Crippen LogP contribution < -0.4 is 5.73 Å². The Labute approximate surface area is 108 Å². The highest BCUT2D eigenvalue weighted by molar-refractivity contribution is 4.64. The second kappa shape index (κ2) is 9.86. The highest BCUT2D eigenvalue weighted by Gasteiger charge is 2.10. The molecule has 0 spiro atoms. The number of nitrogens with two attached hydrogens (primary N) is 1. The Balaban J connectivity index is 3.62. The lowest BCUT2D eigenvalue weighted by molar-refractivity contribution is 0.0628. The highest BCUT2D eigenvalue weighted by Crippen LogP contribution is 2.14. The summed E-state index contributed by atoms with van der Waals surface area (Å²) in [5.41, 5.74) is 5.80. The molecule has 0 radical (unpaired) electrons. The van der Waals surface area contributed by atoms with Crippen molar-refractivity contribution in [1.82, 2.24) is 4.90 Å². The molecule has 0 saturated carbocycles. The van der Waals surface area contributed by atoms with Crippen LogP contribution in [0.5, 0.6) is 0 Å². The summed E-state index contributed by atoms with van der Waals surface area (Å²) in [7, 11) is 2.16. The molecule has 0 amide bonds. The van der Waals surface area contributed by atoms with E-state index in [0.717, 1.165) is 32.2 Å². The van der Waals surface area contributed by atoms with Crippen LogP contribution >= 0.6 is 0 Å². The summed E-state index contributed by atoms with van der Waals surface area (Å²) in [6, 6.07) is 0. The van der Waals surface area contributed by atoms with Gasteiger partial charge >= 0.3 is 0 Å². The van der Waals surface area contributed by atoms with Gasteiger partial charge in [0, 0.05) is 6.54 Å². The van der Waals surface area contributed by atoms with Crippen molar-refractivity contribution in [1.29, 1.82) is 0 Å². The van der Waals surface area contributed by atoms with Crippen LogP contribution in [0.4, 0.5) is 0 Å². The van der Waals surface area contributed by atoms with Crippen molar-refractivity contribution >= 4 is 0 Å². The number of rotatable bonds is 10. The van der Waals surface area contributed by atoms with Crippen LogP contribution in [0.1, 0.15) is 40.5 Å². The van der Waals surface area contributed by atoms with E-state index in [1.54, 1.807) is 0 Å². The monoisotopic (exact) mass is 244 g/mol. The molecule has 0 saturated heterocycles. The molecule has 1 atom stereocenters. The summed E-state index contributed by atoms with van der Waals surface area (Å²) in [4.78, 5) is 2.34. The average Bonchev–Trinajstić information content (AvgIpc) is 2.23. The van der Waals surface area contributed by atoms with Gasteiger partial charge in [-0.25, -0.2) is 0 Å². The van der Waals surface area contributed by atoms with Crippen LogP contribution in [-0.4, -0.2) is 44.3 Å². The summed E-state index contributed by atoms with van der Waals surface area (Å²) in [6.45, 7) is 12.5. The maximum absolute atomic E-state index is 5.80. The summed E-state index contributed by atoms with van der Waals surface area (Å²) >= 11 is 0. The zero-order valence-electron chi connectivity index (χ0n) is 12.4. The van der Waals surface area contributed by atoms with Crippen molar-refractivity contribution in [2.45, 2.75) is 46.6 Å². The van der Waals surface area contributed by atoms with Gasteiger partial charge in [-0.2, -0.15) is 0 Å². The number of likely N-dealkylation sites (N-methyl/N-ethyl adjacent to an activating group) is 1. The standard InChI is InChI=1S/C14H32N2O/c1-12(2)10-14(11-15)6-7-16(5)8-9-17-13(3)4/h12-14H,6-11,15H2,1-5H3. The maximum atomic E-state index is 5.80. The molecule has 1 unspecified atom stereocenters. The molecule has 104 valence electrons. The Morgan fingerprint density at radius 1 is 1.12 bits per heavy atom. The van der Waals surface area contributed by atoms with Gasteiger partial charge in [-0.1, -0.05) is 13.8 Å². The topological polar surface area (TPSA) is 38.5 Å². The van der Waals surface area contributed by atoms with Crippen molar-refractivity contribution in [3.05, 3.63) is 0 Å². The summed E-state index contributed by atoms with van der Waals surface area (Å²) in [6.07, 6.45) is 2.78. The van der Waals surface area contributed by atoms with Crippen molar-refractivity contribution in [3.63, 3.8) is 0 Å². The van der Waals surface area contributed by atoms with Crippen molar-refractivity contribution in [2.24, 2.45) is 17.6 Å². The van der Waals surface area contributed by atoms with Crippen molar-refractivity contribution in [3.8, 4) is 0 Å². The summed E-state index contributed by atoms with van der Waals surface area (Å²) in [5.74, 6) is 1.42. The molecule has 2 N–H and O–H groups in total. The Morgan fingerprint density at radius 2 is 1.76 bits per heavy atom. The molecule has 0 aliphatic rings. The van der Waals surface area contributed by atoms with Gasteiger partial charge in [-0.05, 0) is 58.7 Å². The van der Waals surface area contributed by atoms with Gasteiger partial charge < -0.3 is 15.4 Å². The van der Waals surface area contributed by atoms with Crippen LogP contribution in [0, 0.1) is 11.8 Å². The van der Waals surface area contributed by atoms with Crippen LogP contribution in [0.25, 0.3) is 0 Å². The first-order valence-corrected chi connectivity index (χ1v) is 6.95. The Hall–Kier alpha value is -0.120. The smallest absolute Gasteiger partial charge is 0.0596 e. The minimum atomic E-state index is 0.334. The van der Waals surface area contributed by atoms with Gasteiger partial charge in [-0.3, -0.25) is 0 Å². The molecule has 0 bridgehead atoms. The quantitative estimate of drug-likeness (QED) is 0.641. The molecule has 0 fully saturated rings. The Bertz CT molecular complexity index is 172. The number of ether oxygens (including phenoxy) is 1. The van der Waals surface area contributed by atoms with Gasteiger partial charge in [0.25, 0.3) is 0 Å². The molecule has 17 heavy (non-hydrogen) atoms. The number of hydrogen-bond donors (Lipinski definition) is 1. The normalized spacial score (nSPS) is 13.9. The molecule has 0 aromatic carbocycles. The SMILES string of the molecule is CC(C)CC(CN)CCN(C)CCOC(C)C. The fourth-order valence-corrected chi connectivity index (χ4v) is 1.96. The first-order chi connectivity index (χ1) is 7.95. The molecule has 3 heteroatoms. The molecule has 0 rings (SSSR count). The zero-order chi connectivity index (χ0) is 13.3. The lowest BCUT2D eigenvalue weighted by Gasteiger charge is -2.22. The minimum absolute atomic E-state index is 0.334. The van der Waals surface area contributed by atoms with Crippen molar-refractivity contribution < 1.29 is 4.74 Å². The lowest BCUT2D eigenvalue weighted by atomic mass is 9.94. The first-order valence-electron chi connectivity index (χ1n) is 6.95.